The number of halogens is 1. The minimum atomic E-state index is -0.362. The molecule has 186 valence electrons. The van der Waals surface area contributed by atoms with Crippen LogP contribution in [0.5, 0.6) is 0 Å². The van der Waals surface area contributed by atoms with Gasteiger partial charge in [0.05, 0.1) is 23.0 Å². The number of hydrogen-bond acceptors (Lipinski definition) is 6. The molecule has 3 N–H and O–H groups in total. The first-order valence-electron chi connectivity index (χ1n) is 10.6. The first-order chi connectivity index (χ1) is 17.5. The van der Waals surface area contributed by atoms with E-state index in [-0.39, 0.29) is 17.6 Å². The maximum atomic E-state index is 13.4. The molecule has 4 aromatic rings. The first kappa shape index (κ1) is 27.4. The Morgan fingerprint density at radius 3 is 2.14 bits per heavy atom. The van der Waals surface area contributed by atoms with Crippen molar-refractivity contribution < 1.29 is 23.6 Å². The lowest BCUT2D eigenvalue weighted by molar-refractivity contribution is -0.0987. The van der Waals surface area contributed by atoms with Gasteiger partial charge in [-0.25, -0.2) is 9.07 Å². The van der Waals surface area contributed by atoms with Gasteiger partial charge < -0.3 is 25.5 Å². The number of amides is 2. The predicted molar refractivity (Wildman–Crippen MR) is 136 cm³/mol. The second-order valence-corrected chi connectivity index (χ2v) is 7.20. The molecule has 0 aliphatic carbocycles. The number of carbonyl (C=O) groups excluding carboxylic acids is 4. The normalized spacial score (nSPS) is 9.75. The summed E-state index contributed by atoms with van der Waals surface area (Å²) in [5.41, 5.74) is 3.77. The highest BCUT2D eigenvalue weighted by molar-refractivity contribution is 6.10. The van der Waals surface area contributed by atoms with Crippen molar-refractivity contribution in [3.05, 3.63) is 89.4 Å². The lowest BCUT2D eigenvalue weighted by Crippen LogP contribution is -2.24. The van der Waals surface area contributed by atoms with E-state index in [2.05, 4.69) is 21.0 Å². The van der Waals surface area contributed by atoms with Crippen LogP contribution in [0.3, 0.4) is 0 Å². The Morgan fingerprint density at radius 1 is 0.917 bits per heavy atom. The van der Waals surface area contributed by atoms with Crippen LogP contribution in [0, 0.1) is 5.82 Å². The van der Waals surface area contributed by atoms with Gasteiger partial charge in [0.2, 0.25) is 0 Å². The molecule has 0 spiro atoms. The third kappa shape index (κ3) is 6.17. The highest BCUT2D eigenvalue weighted by Crippen LogP contribution is 2.24. The van der Waals surface area contributed by atoms with Gasteiger partial charge in [0.1, 0.15) is 19.4 Å². The zero-order chi connectivity index (χ0) is 26.7. The fourth-order valence-electron chi connectivity index (χ4n) is 3.44. The van der Waals surface area contributed by atoms with Crippen LogP contribution >= 0.6 is 0 Å². The van der Waals surface area contributed by atoms with Gasteiger partial charge >= 0.3 is 0 Å². The molecule has 0 saturated heterocycles. The van der Waals surface area contributed by atoms with Gasteiger partial charge in [-0.2, -0.15) is 5.10 Å². The van der Waals surface area contributed by atoms with Crippen LogP contribution in [0.15, 0.2) is 66.9 Å². The van der Waals surface area contributed by atoms with Gasteiger partial charge in [-0.3, -0.25) is 9.59 Å². The van der Waals surface area contributed by atoms with Crippen molar-refractivity contribution in [2.24, 2.45) is 0 Å². The van der Waals surface area contributed by atoms with Crippen LogP contribution in [0.25, 0.3) is 16.6 Å². The summed E-state index contributed by atoms with van der Waals surface area (Å²) in [6.07, 6.45) is 1.57. The second-order valence-electron chi connectivity index (χ2n) is 7.20. The third-order valence-corrected chi connectivity index (χ3v) is 5.19. The quantitative estimate of drug-likeness (QED) is 0.381. The monoisotopic (exact) mass is 491 g/mol. The summed E-state index contributed by atoms with van der Waals surface area (Å²) in [4.78, 5) is 41.4. The fraction of sp³-hybridized carbons (Fsp3) is 0.115. The average Bonchev–Trinajstić information content (AvgIpc) is 3.37. The minimum absolute atomic E-state index is 0.322. The summed E-state index contributed by atoms with van der Waals surface area (Å²) >= 11 is 0. The largest absolute Gasteiger partial charge is 0.388 e. The van der Waals surface area contributed by atoms with E-state index in [0.29, 0.717) is 34.3 Å². The highest BCUT2D eigenvalue weighted by atomic mass is 19.1. The Balaban J connectivity index is 0.00000109. The van der Waals surface area contributed by atoms with Crippen LogP contribution in [0.1, 0.15) is 26.3 Å². The molecule has 1 heterocycles. The molecule has 3 aromatic carbocycles. The van der Waals surface area contributed by atoms with Crippen LogP contribution < -0.4 is 16.0 Å². The Bertz CT molecular complexity index is 1320. The molecule has 0 bridgehead atoms. The van der Waals surface area contributed by atoms with Crippen molar-refractivity contribution in [3.8, 4) is 5.69 Å². The molecular formula is C26H26FN5O4. The van der Waals surface area contributed by atoms with E-state index in [0.717, 1.165) is 11.3 Å². The van der Waals surface area contributed by atoms with E-state index in [9.17, 15) is 14.0 Å². The molecule has 0 atom stereocenters. The number of nitrogens with one attached hydrogen (secondary N) is 3. The number of rotatable bonds is 6. The number of hydrogen-bond donors (Lipinski definition) is 3. The van der Waals surface area contributed by atoms with Gasteiger partial charge in [0, 0.05) is 37.3 Å². The molecule has 2 amide bonds. The minimum Gasteiger partial charge on any atom is -0.388 e. The van der Waals surface area contributed by atoms with E-state index in [1.165, 1.54) is 19.2 Å². The summed E-state index contributed by atoms with van der Waals surface area (Å²) < 4.78 is 14.9. The summed E-state index contributed by atoms with van der Waals surface area (Å²) in [6, 6.07) is 16.8. The molecular weight excluding hydrogens is 465 g/mol. The Morgan fingerprint density at radius 2 is 1.56 bits per heavy atom. The molecule has 0 aliphatic heterocycles. The van der Waals surface area contributed by atoms with E-state index < -0.39 is 0 Å². The predicted octanol–water partition coefficient (Wildman–Crippen LogP) is 3.13. The zero-order valence-electron chi connectivity index (χ0n) is 19.9. The topological polar surface area (TPSA) is 122 Å². The summed E-state index contributed by atoms with van der Waals surface area (Å²) in [7, 11) is 3.37. The second kappa shape index (κ2) is 13.1. The van der Waals surface area contributed by atoms with Crippen LogP contribution in [0.2, 0.25) is 0 Å². The van der Waals surface area contributed by atoms with Crippen LogP contribution in [0.4, 0.5) is 10.1 Å². The van der Waals surface area contributed by atoms with Gasteiger partial charge in [-0.05, 0) is 54.1 Å². The Kier molecular flexibility index (Phi) is 9.99. The average molecular weight is 492 g/mol. The maximum Gasteiger partial charge on any atom is 0.252 e. The number of carbonyl (C=O) groups is 4. The van der Waals surface area contributed by atoms with E-state index in [1.54, 1.807) is 35.1 Å². The standard InChI is InChI=1S/C24H22FN5O2.2CH2O/c1-26-18-7-3-15(4-8-18)13-28-24(32)20-11-16(23(31)27-2)12-22-21(20)14-29-30(22)19-9-5-17(25)6-10-19;2*1-2/h3-12,14,26H,13H2,1-2H3,(H,27,31)(H,28,32);2*1H2. The summed E-state index contributed by atoms with van der Waals surface area (Å²) in [5.74, 6) is -1.01. The Labute approximate surface area is 207 Å². The van der Waals surface area contributed by atoms with E-state index in [1.807, 2.05) is 44.9 Å². The van der Waals surface area contributed by atoms with Crippen LogP contribution in [-0.2, 0) is 16.1 Å². The highest BCUT2D eigenvalue weighted by Gasteiger charge is 2.18. The molecule has 9 nitrogen and oxygen atoms in total. The van der Waals surface area contributed by atoms with Gasteiger partial charge in [0.25, 0.3) is 11.8 Å². The number of benzene rings is 3. The molecule has 0 saturated carbocycles. The molecule has 0 aliphatic rings. The number of nitrogens with zero attached hydrogens (tertiary/aromatic N) is 2. The number of aromatic nitrogens is 2. The summed E-state index contributed by atoms with van der Waals surface area (Å²) in [6.45, 7) is 4.33. The lowest BCUT2D eigenvalue weighted by Gasteiger charge is -2.10. The number of fused-ring (bicyclic) bond motifs is 1. The summed E-state index contributed by atoms with van der Waals surface area (Å²) in [5, 5.41) is 13.5. The molecule has 1 aromatic heterocycles. The zero-order valence-corrected chi connectivity index (χ0v) is 19.9. The van der Waals surface area contributed by atoms with Gasteiger partial charge in [0.15, 0.2) is 0 Å². The smallest absolute Gasteiger partial charge is 0.252 e. The fourth-order valence-corrected chi connectivity index (χ4v) is 3.44. The van der Waals surface area contributed by atoms with Gasteiger partial charge in [-0.15, -0.1) is 0 Å². The molecule has 0 radical (unpaired) electrons. The van der Waals surface area contributed by atoms with Crippen molar-refractivity contribution in [2.75, 3.05) is 19.4 Å². The molecule has 4 rings (SSSR count). The van der Waals surface area contributed by atoms with Crippen molar-refractivity contribution in [3.63, 3.8) is 0 Å². The molecule has 0 fully saturated rings. The molecule has 10 heteroatoms. The van der Waals surface area contributed by atoms with Gasteiger partial charge in [-0.1, -0.05) is 12.1 Å². The van der Waals surface area contributed by atoms with E-state index >= 15 is 0 Å². The van der Waals surface area contributed by atoms with Crippen molar-refractivity contribution in [1.29, 1.82) is 0 Å². The molecule has 0 unspecified atom stereocenters. The lowest BCUT2D eigenvalue weighted by atomic mass is 10.0. The SMILES string of the molecule is C=O.C=O.CNC(=O)c1cc(C(=O)NCc2ccc(NC)cc2)c2cnn(-c3ccc(F)cc3)c2c1. The van der Waals surface area contributed by atoms with Crippen LogP contribution in [-0.4, -0.2) is 49.3 Å². The third-order valence-electron chi connectivity index (χ3n) is 5.19. The van der Waals surface area contributed by atoms with Crippen molar-refractivity contribution in [1.82, 2.24) is 20.4 Å². The number of anilines is 1. The molecule has 36 heavy (non-hydrogen) atoms. The van der Waals surface area contributed by atoms with Crippen molar-refractivity contribution in [2.45, 2.75) is 6.54 Å². The first-order valence-corrected chi connectivity index (χ1v) is 10.6. The Hall–Kier alpha value is -4.86. The maximum absolute atomic E-state index is 13.4. The van der Waals surface area contributed by atoms with E-state index in [4.69, 9.17) is 9.59 Å². The van der Waals surface area contributed by atoms with Crippen molar-refractivity contribution >= 4 is 42.0 Å².